The van der Waals surface area contributed by atoms with Gasteiger partial charge < -0.3 is 4.90 Å². The smallest absolute Gasteiger partial charge is 0.244 e. The van der Waals surface area contributed by atoms with Gasteiger partial charge in [-0.15, -0.1) is 0 Å². The number of hydrogen-bond donors (Lipinski definition) is 0. The molecule has 1 aliphatic rings. The molecule has 0 bridgehead atoms. The molecule has 0 spiro atoms. The fraction of sp³-hybridized carbons (Fsp3) is 0.294. The maximum atomic E-state index is 13.2. The van der Waals surface area contributed by atoms with Crippen LogP contribution in [0.15, 0.2) is 36.9 Å². The second kappa shape index (κ2) is 5.91. The summed E-state index contributed by atoms with van der Waals surface area (Å²) in [4.78, 5) is 13.8. The first kappa shape index (κ1) is 16.2. The zero-order valence-corrected chi connectivity index (χ0v) is 13.8. The van der Waals surface area contributed by atoms with Crippen LogP contribution in [-0.2, 0) is 11.8 Å². The molecule has 0 radical (unpaired) electrons. The molecule has 4 heterocycles. The third-order valence-corrected chi connectivity index (χ3v) is 4.63. The van der Waals surface area contributed by atoms with Crippen LogP contribution in [0, 0.1) is 23.2 Å². The summed E-state index contributed by atoms with van der Waals surface area (Å²) in [6.45, 7) is -0.193. The van der Waals surface area contributed by atoms with Crippen molar-refractivity contribution < 1.29 is 13.6 Å². The van der Waals surface area contributed by atoms with Crippen LogP contribution in [0.2, 0.25) is 0 Å². The van der Waals surface area contributed by atoms with Crippen LogP contribution in [-0.4, -0.2) is 38.3 Å². The molecular formula is C17H14F2N6O. The number of nitrogens with zero attached hydrogens (tertiary/aromatic N) is 6. The summed E-state index contributed by atoms with van der Waals surface area (Å²) in [6, 6.07) is 5.14. The molecule has 9 heteroatoms. The molecule has 7 nitrogen and oxygen atoms in total. The number of carbonyl (C=O) groups excluding carboxylic acids is 1. The van der Waals surface area contributed by atoms with E-state index in [2.05, 4.69) is 10.2 Å². The van der Waals surface area contributed by atoms with Gasteiger partial charge in [0.15, 0.2) is 0 Å². The average molecular weight is 356 g/mol. The van der Waals surface area contributed by atoms with Crippen molar-refractivity contribution in [1.82, 2.24) is 19.4 Å². The highest BCUT2D eigenvalue weighted by molar-refractivity contribution is 6.02. The van der Waals surface area contributed by atoms with E-state index in [0.717, 1.165) is 11.1 Å². The van der Waals surface area contributed by atoms with E-state index in [-0.39, 0.29) is 6.54 Å². The minimum absolute atomic E-state index is 0.193. The summed E-state index contributed by atoms with van der Waals surface area (Å²) in [5, 5.41) is 17.5. The second-order valence-corrected chi connectivity index (χ2v) is 6.23. The summed E-state index contributed by atoms with van der Waals surface area (Å²) in [5.41, 5.74) is 2.78. The molecule has 1 saturated heterocycles. The molecule has 2 unspecified atom stereocenters. The summed E-state index contributed by atoms with van der Waals surface area (Å²) < 4.78 is 29.7. The summed E-state index contributed by atoms with van der Waals surface area (Å²) in [7, 11) is 1.80. The predicted octanol–water partition coefficient (Wildman–Crippen LogP) is 2.10. The first-order valence-corrected chi connectivity index (χ1v) is 7.95. The monoisotopic (exact) mass is 356 g/mol. The zero-order chi connectivity index (χ0) is 18.4. The van der Waals surface area contributed by atoms with Gasteiger partial charge in [-0.3, -0.25) is 9.48 Å². The van der Waals surface area contributed by atoms with Gasteiger partial charge in [0.05, 0.1) is 29.4 Å². The highest BCUT2D eigenvalue weighted by atomic mass is 19.3. The molecule has 0 N–H and O–H groups in total. The fourth-order valence-electron chi connectivity index (χ4n) is 3.31. The molecule has 132 valence electrons. The molecule has 26 heavy (non-hydrogen) atoms. The van der Waals surface area contributed by atoms with Crippen molar-refractivity contribution >= 4 is 17.1 Å². The number of aryl methyl sites for hydroxylation is 1. The summed E-state index contributed by atoms with van der Waals surface area (Å²) >= 11 is 0. The molecule has 3 aromatic heterocycles. The lowest BCUT2D eigenvalue weighted by Gasteiger charge is -2.17. The fourth-order valence-corrected chi connectivity index (χ4v) is 3.31. The number of carbonyl (C=O) groups is 1. The number of hydrogen-bond acceptors (Lipinski definition) is 4. The van der Waals surface area contributed by atoms with Gasteiger partial charge in [-0.05, 0) is 12.1 Å². The Morgan fingerprint density at radius 2 is 2.12 bits per heavy atom. The van der Waals surface area contributed by atoms with Crippen molar-refractivity contribution in [1.29, 1.82) is 5.26 Å². The van der Waals surface area contributed by atoms with E-state index in [9.17, 15) is 13.6 Å². The van der Waals surface area contributed by atoms with Crippen LogP contribution in [0.5, 0.6) is 0 Å². The lowest BCUT2D eigenvalue weighted by atomic mass is 9.98. The Kier molecular flexibility index (Phi) is 3.68. The van der Waals surface area contributed by atoms with E-state index in [1.165, 1.54) is 11.1 Å². The van der Waals surface area contributed by atoms with Gasteiger partial charge in [0, 0.05) is 43.3 Å². The highest BCUT2D eigenvalue weighted by Crippen LogP contribution is 2.36. The Morgan fingerprint density at radius 1 is 1.31 bits per heavy atom. The van der Waals surface area contributed by atoms with E-state index in [1.54, 1.807) is 40.8 Å². The number of aromatic nitrogens is 4. The van der Waals surface area contributed by atoms with Crippen molar-refractivity contribution in [3.63, 3.8) is 0 Å². The van der Waals surface area contributed by atoms with Crippen molar-refractivity contribution in [3.05, 3.63) is 36.9 Å². The number of halogens is 2. The van der Waals surface area contributed by atoms with Gasteiger partial charge in [0.2, 0.25) is 12.3 Å². The quantitative estimate of drug-likeness (QED) is 0.720. The molecule has 3 aromatic rings. The van der Waals surface area contributed by atoms with Gasteiger partial charge in [-0.2, -0.15) is 15.5 Å². The number of fused-ring (bicyclic) bond motifs is 1. The van der Waals surface area contributed by atoms with Crippen molar-refractivity contribution in [2.45, 2.75) is 6.43 Å². The lowest BCUT2D eigenvalue weighted by Crippen LogP contribution is -2.27. The summed E-state index contributed by atoms with van der Waals surface area (Å²) in [6.07, 6.45) is 4.09. The standard InChI is InChI=1S/C17H14F2N6O/c1-23-7-11(6-22-23)10-4-15-14(2-3-21-25(15)8-10)24-9-13(16(18)19)12(5-20)17(24)26/h2-4,6-8,12-13,16H,9H2,1H3. The van der Waals surface area contributed by atoms with Crippen LogP contribution in [0.4, 0.5) is 14.5 Å². The number of rotatable bonds is 3. The maximum Gasteiger partial charge on any atom is 0.244 e. The Bertz CT molecular complexity index is 1030. The molecule has 2 atom stereocenters. The van der Waals surface area contributed by atoms with Gasteiger partial charge >= 0.3 is 0 Å². The van der Waals surface area contributed by atoms with Crippen LogP contribution in [0.25, 0.3) is 16.6 Å². The minimum atomic E-state index is -2.73. The number of amides is 1. The predicted molar refractivity (Wildman–Crippen MR) is 88.3 cm³/mol. The Hall–Kier alpha value is -3.28. The van der Waals surface area contributed by atoms with Crippen molar-refractivity contribution in [2.75, 3.05) is 11.4 Å². The van der Waals surface area contributed by atoms with Crippen LogP contribution < -0.4 is 4.90 Å². The Labute approximate surface area is 147 Å². The maximum absolute atomic E-state index is 13.2. The molecule has 1 fully saturated rings. The molecular weight excluding hydrogens is 342 g/mol. The molecule has 0 aromatic carbocycles. The van der Waals surface area contributed by atoms with Gasteiger partial charge in [-0.25, -0.2) is 13.3 Å². The molecule has 0 saturated carbocycles. The molecule has 4 rings (SSSR count). The van der Waals surface area contributed by atoms with Crippen LogP contribution >= 0.6 is 0 Å². The van der Waals surface area contributed by atoms with E-state index in [4.69, 9.17) is 5.26 Å². The first-order valence-electron chi connectivity index (χ1n) is 7.95. The van der Waals surface area contributed by atoms with Gasteiger partial charge in [0.1, 0.15) is 5.92 Å². The zero-order valence-electron chi connectivity index (χ0n) is 13.8. The third kappa shape index (κ3) is 2.42. The average Bonchev–Trinajstić information content (AvgIpc) is 3.30. The molecule has 1 aliphatic heterocycles. The van der Waals surface area contributed by atoms with E-state index >= 15 is 0 Å². The molecule has 0 aliphatic carbocycles. The van der Waals surface area contributed by atoms with E-state index in [0.29, 0.717) is 11.2 Å². The second-order valence-electron chi connectivity index (χ2n) is 6.23. The first-order chi connectivity index (χ1) is 12.5. The lowest BCUT2D eigenvalue weighted by molar-refractivity contribution is -0.120. The SMILES string of the molecule is Cn1cc(-c2cc3c(N4CC(C(F)F)C(C#N)C4=O)ccnn3c2)cn1. The third-order valence-electron chi connectivity index (χ3n) is 4.63. The van der Waals surface area contributed by atoms with E-state index < -0.39 is 24.2 Å². The molecule has 1 amide bonds. The summed E-state index contributed by atoms with van der Waals surface area (Å²) in [5.74, 6) is -3.24. The topological polar surface area (TPSA) is 79.2 Å². The van der Waals surface area contributed by atoms with Crippen molar-refractivity contribution in [2.24, 2.45) is 18.9 Å². The van der Waals surface area contributed by atoms with E-state index in [1.807, 2.05) is 12.3 Å². The normalized spacial score (nSPS) is 20.3. The van der Waals surface area contributed by atoms with Gasteiger partial charge in [-0.1, -0.05) is 0 Å². The van der Waals surface area contributed by atoms with Gasteiger partial charge in [0.25, 0.3) is 0 Å². The minimum Gasteiger partial charge on any atom is -0.309 e. The largest absolute Gasteiger partial charge is 0.309 e. The Balaban J connectivity index is 1.79. The number of nitriles is 1. The van der Waals surface area contributed by atoms with Crippen LogP contribution in [0.1, 0.15) is 0 Å². The Morgan fingerprint density at radius 3 is 2.73 bits per heavy atom. The van der Waals surface area contributed by atoms with Crippen LogP contribution in [0.3, 0.4) is 0 Å². The van der Waals surface area contributed by atoms with Crippen molar-refractivity contribution in [3.8, 4) is 17.2 Å². The highest BCUT2D eigenvalue weighted by Gasteiger charge is 2.46. The number of alkyl halides is 2. The number of anilines is 1.